The van der Waals surface area contributed by atoms with Gasteiger partial charge in [-0.25, -0.2) is 0 Å². The first-order valence-corrected chi connectivity index (χ1v) is 8.30. The van der Waals surface area contributed by atoms with Crippen molar-refractivity contribution in [1.29, 1.82) is 0 Å². The van der Waals surface area contributed by atoms with Gasteiger partial charge >= 0.3 is 0 Å². The van der Waals surface area contributed by atoms with Crippen molar-refractivity contribution in [2.45, 2.75) is 26.2 Å². The fourth-order valence-corrected chi connectivity index (χ4v) is 2.59. The molecule has 0 fully saturated rings. The Labute approximate surface area is 152 Å². The number of nitrogens with zero attached hydrogens (tertiary/aromatic N) is 7. The Morgan fingerprint density at radius 1 is 0.808 bits per heavy atom. The van der Waals surface area contributed by atoms with Gasteiger partial charge in [0, 0.05) is 43.1 Å². The van der Waals surface area contributed by atoms with E-state index in [9.17, 15) is 0 Å². The molecule has 0 unspecified atom stereocenters. The second kappa shape index (κ2) is 9.27. The van der Waals surface area contributed by atoms with Gasteiger partial charge in [-0.1, -0.05) is 23.3 Å². The van der Waals surface area contributed by atoms with Crippen LogP contribution in [-0.4, -0.2) is 19.9 Å². The summed E-state index contributed by atoms with van der Waals surface area (Å²) in [5, 5.41) is 3.56. The Bertz CT molecular complexity index is 803. The average molecular weight is 345 g/mol. The number of azide groups is 1. The summed E-state index contributed by atoms with van der Waals surface area (Å²) in [7, 11) is 0. The summed E-state index contributed by atoms with van der Waals surface area (Å²) >= 11 is 0. The van der Waals surface area contributed by atoms with Gasteiger partial charge in [-0.3, -0.25) is 19.9 Å². The van der Waals surface area contributed by atoms with E-state index in [2.05, 4.69) is 29.9 Å². The normalized spacial score (nSPS) is 10.5. The molecule has 0 bridgehead atoms. The first kappa shape index (κ1) is 17.5. The third-order valence-electron chi connectivity index (χ3n) is 3.81. The van der Waals surface area contributed by atoms with E-state index in [4.69, 9.17) is 5.53 Å². The second-order valence-electron chi connectivity index (χ2n) is 5.83. The van der Waals surface area contributed by atoms with Gasteiger partial charge in [0.15, 0.2) is 0 Å². The molecule has 3 aromatic rings. The minimum absolute atomic E-state index is 0.315. The van der Waals surface area contributed by atoms with Crippen LogP contribution in [0.25, 0.3) is 10.4 Å². The number of hydrogen-bond donors (Lipinski definition) is 0. The molecule has 0 atom stereocenters. The Balaban J connectivity index is 1.73. The minimum atomic E-state index is 0.315. The van der Waals surface area contributed by atoms with Crippen molar-refractivity contribution in [2.24, 2.45) is 5.11 Å². The van der Waals surface area contributed by atoms with Gasteiger partial charge in [-0.15, -0.1) is 0 Å². The molecule has 7 heteroatoms. The molecule has 0 saturated heterocycles. The van der Waals surface area contributed by atoms with E-state index in [1.54, 1.807) is 18.6 Å². The Morgan fingerprint density at radius 3 is 1.88 bits per heavy atom. The van der Waals surface area contributed by atoms with Crippen molar-refractivity contribution < 1.29 is 0 Å². The molecule has 0 saturated carbocycles. The van der Waals surface area contributed by atoms with E-state index in [1.807, 2.05) is 48.5 Å². The molecule has 0 aliphatic rings. The topological polar surface area (TPSA) is 90.7 Å². The summed E-state index contributed by atoms with van der Waals surface area (Å²) in [5.74, 6) is 0. The molecule has 0 N–H and O–H groups in total. The molecule has 3 heterocycles. The van der Waals surface area contributed by atoms with E-state index >= 15 is 0 Å². The molecular formula is C19H19N7. The zero-order valence-electron chi connectivity index (χ0n) is 14.3. The molecule has 0 aliphatic carbocycles. The monoisotopic (exact) mass is 345 g/mol. The highest BCUT2D eigenvalue weighted by Crippen LogP contribution is 2.12. The van der Waals surface area contributed by atoms with Gasteiger partial charge in [0.1, 0.15) is 0 Å². The van der Waals surface area contributed by atoms with E-state index in [-0.39, 0.29) is 0 Å². The van der Waals surface area contributed by atoms with Crippen LogP contribution in [-0.2, 0) is 26.2 Å². The van der Waals surface area contributed by atoms with Crippen LogP contribution in [0.1, 0.15) is 22.6 Å². The third-order valence-corrected chi connectivity index (χ3v) is 3.81. The standard InChI is InChI=1S/C19H19N7/c20-25-24-12-16-7-8-19(23-11-16)15-26(13-17-5-1-3-9-21-17)14-18-6-2-4-10-22-18/h1-11H,12-15H2. The van der Waals surface area contributed by atoms with Crippen molar-refractivity contribution in [2.75, 3.05) is 0 Å². The van der Waals surface area contributed by atoms with E-state index in [0.29, 0.717) is 26.2 Å². The summed E-state index contributed by atoms with van der Waals surface area (Å²) < 4.78 is 0. The van der Waals surface area contributed by atoms with Crippen molar-refractivity contribution in [1.82, 2.24) is 19.9 Å². The fraction of sp³-hybridized carbons (Fsp3) is 0.211. The number of aromatic nitrogens is 3. The maximum Gasteiger partial charge on any atom is 0.0544 e. The van der Waals surface area contributed by atoms with Crippen LogP contribution >= 0.6 is 0 Å². The highest BCUT2D eigenvalue weighted by atomic mass is 15.1. The van der Waals surface area contributed by atoms with Crippen molar-refractivity contribution in [3.63, 3.8) is 0 Å². The maximum absolute atomic E-state index is 8.40. The molecule has 0 aromatic carbocycles. The summed E-state index contributed by atoms with van der Waals surface area (Å²) in [5.41, 5.74) is 12.2. The quantitative estimate of drug-likeness (QED) is 0.352. The number of hydrogen-bond acceptors (Lipinski definition) is 5. The lowest BCUT2D eigenvalue weighted by molar-refractivity contribution is 0.239. The van der Waals surface area contributed by atoms with Crippen LogP contribution in [0, 0.1) is 0 Å². The SMILES string of the molecule is [N-]=[N+]=NCc1ccc(CN(Cc2ccccn2)Cc2ccccn2)nc1. The number of pyridine rings is 3. The van der Waals surface area contributed by atoms with Crippen LogP contribution in [0.5, 0.6) is 0 Å². The highest BCUT2D eigenvalue weighted by molar-refractivity contribution is 5.15. The van der Waals surface area contributed by atoms with Crippen molar-refractivity contribution >= 4 is 0 Å². The Morgan fingerprint density at radius 2 is 1.42 bits per heavy atom. The molecule has 0 aliphatic heterocycles. The van der Waals surface area contributed by atoms with Gasteiger partial charge in [0.2, 0.25) is 0 Å². The molecule has 0 spiro atoms. The minimum Gasteiger partial charge on any atom is -0.286 e. The first-order valence-electron chi connectivity index (χ1n) is 8.30. The zero-order chi connectivity index (χ0) is 18.0. The molecule has 0 radical (unpaired) electrons. The molecule has 3 rings (SSSR count). The molecule has 26 heavy (non-hydrogen) atoms. The summed E-state index contributed by atoms with van der Waals surface area (Å²) in [4.78, 5) is 18.4. The van der Waals surface area contributed by atoms with Crippen molar-refractivity contribution in [3.8, 4) is 0 Å². The molecule has 0 amide bonds. The average Bonchev–Trinajstić information content (AvgIpc) is 2.69. The highest BCUT2D eigenvalue weighted by Gasteiger charge is 2.10. The molecule has 130 valence electrons. The zero-order valence-corrected chi connectivity index (χ0v) is 14.3. The van der Waals surface area contributed by atoms with Gasteiger partial charge < -0.3 is 0 Å². The predicted octanol–water partition coefficient (Wildman–Crippen LogP) is 3.88. The van der Waals surface area contributed by atoms with Crippen LogP contribution in [0.3, 0.4) is 0 Å². The lowest BCUT2D eigenvalue weighted by atomic mass is 10.2. The van der Waals surface area contributed by atoms with E-state index in [1.165, 1.54) is 0 Å². The van der Waals surface area contributed by atoms with Crippen LogP contribution in [0.2, 0.25) is 0 Å². The largest absolute Gasteiger partial charge is 0.286 e. The molecule has 3 aromatic heterocycles. The Hall–Kier alpha value is -3.28. The fourth-order valence-electron chi connectivity index (χ4n) is 2.59. The summed E-state index contributed by atoms with van der Waals surface area (Å²) in [6.45, 7) is 2.41. The predicted molar refractivity (Wildman–Crippen MR) is 98.5 cm³/mol. The van der Waals surface area contributed by atoms with Gasteiger partial charge in [0.05, 0.1) is 23.6 Å². The maximum atomic E-state index is 8.40. The van der Waals surface area contributed by atoms with E-state index < -0.39 is 0 Å². The van der Waals surface area contributed by atoms with Gasteiger partial charge in [-0.2, -0.15) is 0 Å². The number of rotatable bonds is 8. The Kier molecular flexibility index (Phi) is 6.25. The molecular weight excluding hydrogens is 326 g/mol. The summed E-state index contributed by atoms with van der Waals surface area (Å²) in [6, 6.07) is 15.7. The van der Waals surface area contributed by atoms with Crippen LogP contribution in [0.4, 0.5) is 0 Å². The van der Waals surface area contributed by atoms with Crippen LogP contribution in [0.15, 0.2) is 72.2 Å². The summed E-state index contributed by atoms with van der Waals surface area (Å²) in [6.07, 6.45) is 5.36. The lowest BCUT2D eigenvalue weighted by Gasteiger charge is -2.21. The first-order chi connectivity index (χ1) is 12.8. The lowest BCUT2D eigenvalue weighted by Crippen LogP contribution is -2.24. The molecule has 7 nitrogen and oxygen atoms in total. The second-order valence-corrected chi connectivity index (χ2v) is 5.83. The van der Waals surface area contributed by atoms with Crippen molar-refractivity contribution in [3.05, 3.63) is 100 Å². The van der Waals surface area contributed by atoms with Gasteiger partial charge in [-0.05, 0) is 41.4 Å². The van der Waals surface area contributed by atoms with E-state index in [0.717, 1.165) is 22.6 Å². The smallest absolute Gasteiger partial charge is 0.0544 e. The third kappa shape index (κ3) is 5.37. The van der Waals surface area contributed by atoms with Gasteiger partial charge in [0.25, 0.3) is 0 Å². The van der Waals surface area contributed by atoms with Crippen LogP contribution < -0.4 is 0 Å².